The third kappa shape index (κ3) is 4.36. The first kappa shape index (κ1) is 20.4. The molecule has 9 heteroatoms. The van der Waals surface area contributed by atoms with Gasteiger partial charge in [-0.1, -0.05) is 23.4 Å². The van der Waals surface area contributed by atoms with Crippen LogP contribution in [0.15, 0.2) is 82.2 Å². The molecule has 0 aliphatic rings. The summed E-state index contributed by atoms with van der Waals surface area (Å²) in [5.74, 6) is 1.82. The summed E-state index contributed by atoms with van der Waals surface area (Å²) in [5, 5.41) is 4.02. The minimum Gasteiger partial charge on any atom is -0.497 e. The van der Waals surface area contributed by atoms with E-state index in [0.29, 0.717) is 34.1 Å². The van der Waals surface area contributed by atoms with Gasteiger partial charge in [-0.15, -0.1) is 0 Å². The second-order valence-electron chi connectivity index (χ2n) is 6.49. The second-order valence-corrected chi connectivity index (χ2v) is 8.17. The molecule has 158 valence electrons. The van der Waals surface area contributed by atoms with Crippen molar-refractivity contribution in [3.05, 3.63) is 72.8 Å². The third-order valence-corrected chi connectivity index (χ3v) is 5.90. The fourth-order valence-electron chi connectivity index (χ4n) is 2.96. The van der Waals surface area contributed by atoms with Crippen LogP contribution in [-0.2, 0) is 10.0 Å². The minimum absolute atomic E-state index is 0.120. The van der Waals surface area contributed by atoms with Crippen molar-refractivity contribution in [2.24, 2.45) is 0 Å². The summed E-state index contributed by atoms with van der Waals surface area (Å²) in [6.07, 6.45) is 0. The highest BCUT2D eigenvalue weighted by atomic mass is 32.2. The largest absolute Gasteiger partial charge is 0.497 e. The first-order valence-corrected chi connectivity index (χ1v) is 10.7. The molecule has 0 bridgehead atoms. The van der Waals surface area contributed by atoms with E-state index >= 15 is 0 Å². The standard InChI is InChI=1S/C22H19N3O5S/c1-28-17-10-12-18(13-11-17)31(26,27)25-16-7-5-6-15(14-16)22-23-21(24-30-22)19-8-3-4-9-20(19)29-2/h3-14,25H,1-2H3. The van der Waals surface area contributed by atoms with Gasteiger partial charge in [-0.3, -0.25) is 4.72 Å². The number of benzene rings is 3. The van der Waals surface area contributed by atoms with Crippen molar-refractivity contribution in [1.29, 1.82) is 0 Å². The van der Waals surface area contributed by atoms with Crippen molar-refractivity contribution in [3.8, 4) is 34.3 Å². The number of methoxy groups -OCH3 is 2. The summed E-state index contributed by atoms with van der Waals surface area (Å²) in [6.45, 7) is 0. The van der Waals surface area contributed by atoms with E-state index < -0.39 is 10.0 Å². The molecule has 0 spiro atoms. The predicted molar refractivity (Wildman–Crippen MR) is 116 cm³/mol. The molecule has 8 nitrogen and oxygen atoms in total. The molecule has 0 amide bonds. The van der Waals surface area contributed by atoms with Crippen LogP contribution in [-0.4, -0.2) is 32.8 Å². The monoisotopic (exact) mass is 437 g/mol. The average molecular weight is 437 g/mol. The van der Waals surface area contributed by atoms with Crippen LogP contribution in [0.5, 0.6) is 11.5 Å². The third-order valence-electron chi connectivity index (χ3n) is 4.51. The maximum Gasteiger partial charge on any atom is 0.261 e. The fraction of sp³-hybridized carbons (Fsp3) is 0.0909. The number of nitrogens with one attached hydrogen (secondary N) is 1. The van der Waals surface area contributed by atoms with E-state index in [1.807, 2.05) is 18.2 Å². The Balaban J connectivity index is 1.59. The Bertz CT molecular complexity index is 1300. The molecule has 4 rings (SSSR count). The predicted octanol–water partition coefficient (Wildman–Crippen LogP) is 4.22. The van der Waals surface area contributed by atoms with Crippen LogP contribution in [0.3, 0.4) is 0 Å². The highest BCUT2D eigenvalue weighted by Gasteiger charge is 2.17. The summed E-state index contributed by atoms with van der Waals surface area (Å²) >= 11 is 0. The fourth-order valence-corrected chi connectivity index (χ4v) is 4.01. The Labute approximate surface area is 179 Å². The van der Waals surface area contributed by atoms with Gasteiger partial charge in [0.1, 0.15) is 11.5 Å². The molecule has 0 aliphatic heterocycles. The number of para-hydroxylation sites is 1. The Morgan fingerprint density at radius 2 is 1.68 bits per heavy atom. The van der Waals surface area contributed by atoms with Crippen LogP contribution in [0.2, 0.25) is 0 Å². The summed E-state index contributed by atoms with van der Waals surface area (Å²) in [5.41, 5.74) is 1.63. The van der Waals surface area contributed by atoms with Crippen LogP contribution in [0, 0.1) is 0 Å². The molecule has 0 fully saturated rings. The zero-order valence-electron chi connectivity index (χ0n) is 16.8. The summed E-state index contributed by atoms with van der Waals surface area (Å²) < 4.78 is 43.7. The number of nitrogens with zero attached hydrogens (tertiary/aromatic N) is 2. The van der Waals surface area contributed by atoms with Crippen LogP contribution < -0.4 is 14.2 Å². The van der Waals surface area contributed by atoms with Crippen molar-refractivity contribution < 1.29 is 22.4 Å². The van der Waals surface area contributed by atoms with E-state index in [-0.39, 0.29) is 10.8 Å². The van der Waals surface area contributed by atoms with Gasteiger partial charge in [0.15, 0.2) is 0 Å². The number of anilines is 1. The molecule has 4 aromatic rings. The lowest BCUT2D eigenvalue weighted by molar-refractivity contribution is 0.413. The van der Waals surface area contributed by atoms with Crippen molar-refractivity contribution in [2.75, 3.05) is 18.9 Å². The van der Waals surface area contributed by atoms with Crippen molar-refractivity contribution in [1.82, 2.24) is 10.1 Å². The molecule has 1 aromatic heterocycles. The molecule has 3 aromatic carbocycles. The lowest BCUT2D eigenvalue weighted by Crippen LogP contribution is -2.12. The molecule has 0 radical (unpaired) electrons. The lowest BCUT2D eigenvalue weighted by atomic mass is 10.2. The van der Waals surface area contributed by atoms with E-state index in [4.69, 9.17) is 14.0 Å². The van der Waals surface area contributed by atoms with Crippen molar-refractivity contribution in [3.63, 3.8) is 0 Å². The van der Waals surface area contributed by atoms with Crippen LogP contribution in [0.25, 0.3) is 22.8 Å². The average Bonchev–Trinajstić information content (AvgIpc) is 3.29. The van der Waals surface area contributed by atoms with Crippen LogP contribution >= 0.6 is 0 Å². The van der Waals surface area contributed by atoms with Gasteiger partial charge in [0.2, 0.25) is 5.82 Å². The van der Waals surface area contributed by atoms with Crippen LogP contribution in [0.1, 0.15) is 0 Å². The van der Waals surface area contributed by atoms with Crippen molar-refractivity contribution >= 4 is 15.7 Å². The quantitative estimate of drug-likeness (QED) is 0.462. The van der Waals surface area contributed by atoms with Gasteiger partial charge >= 0.3 is 0 Å². The Morgan fingerprint density at radius 1 is 0.903 bits per heavy atom. The van der Waals surface area contributed by atoms with Gasteiger partial charge in [0.25, 0.3) is 15.9 Å². The van der Waals surface area contributed by atoms with Gasteiger partial charge in [-0.05, 0) is 54.6 Å². The number of aromatic nitrogens is 2. The number of rotatable bonds is 7. The molecule has 0 saturated carbocycles. The van der Waals surface area contributed by atoms with Gasteiger partial charge in [0.05, 0.1) is 24.7 Å². The first-order chi connectivity index (χ1) is 15.0. The maximum absolute atomic E-state index is 12.7. The molecule has 0 aliphatic carbocycles. The van der Waals surface area contributed by atoms with Gasteiger partial charge in [-0.2, -0.15) is 4.98 Å². The minimum atomic E-state index is -3.77. The molecule has 0 atom stereocenters. The highest BCUT2D eigenvalue weighted by molar-refractivity contribution is 7.92. The second kappa shape index (κ2) is 8.49. The lowest BCUT2D eigenvalue weighted by Gasteiger charge is -2.09. The molecular weight excluding hydrogens is 418 g/mol. The number of hydrogen-bond donors (Lipinski definition) is 1. The SMILES string of the molecule is COc1ccc(S(=O)(=O)Nc2cccc(-c3nc(-c4ccccc4OC)no3)c2)cc1. The normalized spacial score (nSPS) is 11.2. The van der Waals surface area contributed by atoms with Gasteiger partial charge in [-0.25, -0.2) is 8.42 Å². The van der Waals surface area contributed by atoms with Crippen molar-refractivity contribution in [2.45, 2.75) is 4.90 Å². The Kier molecular flexibility index (Phi) is 5.59. The zero-order chi connectivity index (χ0) is 21.8. The van der Waals surface area contributed by atoms with E-state index in [2.05, 4.69) is 14.9 Å². The first-order valence-electron chi connectivity index (χ1n) is 9.24. The molecule has 1 heterocycles. The van der Waals surface area contributed by atoms with E-state index in [1.54, 1.807) is 49.6 Å². The maximum atomic E-state index is 12.7. The van der Waals surface area contributed by atoms with Gasteiger partial charge in [0, 0.05) is 11.3 Å². The van der Waals surface area contributed by atoms with E-state index in [1.165, 1.54) is 19.2 Å². The summed E-state index contributed by atoms with van der Waals surface area (Å²) in [4.78, 5) is 4.55. The molecule has 31 heavy (non-hydrogen) atoms. The summed E-state index contributed by atoms with van der Waals surface area (Å²) in [6, 6.07) is 20.2. The summed E-state index contributed by atoms with van der Waals surface area (Å²) in [7, 11) is -0.687. The molecular formula is C22H19N3O5S. The van der Waals surface area contributed by atoms with Gasteiger partial charge < -0.3 is 14.0 Å². The zero-order valence-corrected chi connectivity index (χ0v) is 17.6. The highest BCUT2D eigenvalue weighted by Crippen LogP contribution is 2.30. The molecule has 1 N–H and O–H groups in total. The Hall–Kier alpha value is -3.85. The smallest absolute Gasteiger partial charge is 0.261 e. The molecule has 0 unspecified atom stereocenters. The topological polar surface area (TPSA) is 104 Å². The Morgan fingerprint density at radius 3 is 2.42 bits per heavy atom. The number of sulfonamides is 1. The number of hydrogen-bond acceptors (Lipinski definition) is 7. The molecule has 0 saturated heterocycles. The van der Waals surface area contributed by atoms with Crippen LogP contribution in [0.4, 0.5) is 5.69 Å². The van der Waals surface area contributed by atoms with E-state index in [0.717, 1.165) is 0 Å². The van der Waals surface area contributed by atoms with E-state index in [9.17, 15) is 8.42 Å². The number of ether oxygens (including phenoxy) is 2.